The maximum Gasteiger partial charge on any atom is 0.244 e. The van der Waals surface area contributed by atoms with Crippen LogP contribution in [-0.2, 0) is 26.2 Å². The van der Waals surface area contributed by atoms with Gasteiger partial charge < -0.3 is 10.2 Å². The third kappa shape index (κ3) is 7.85. The van der Waals surface area contributed by atoms with E-state index in [1.807, 2.05) is 45.0 Å². The van der Waals surface area contributed by atoms with Crippen LogP contribution in [0.25, 0.3) is 0 Å². The highest BCUT2D eigenvalue weighted by Crippen LogP contribution is 2.23. The van der Waals surface area contributed by atoms with E-state index in [2.05, 4.69) is 21.2 Å². The lowest BCUT2D eigenvalue weighted by molar-refractivity contribution is -0.140. The molecular formula is C24H32BrN3O4S. The van der Waals surface area contributed by atoms with Gasteiger partial charge in [0.25, 0.3) is 0 Å². The van der Waals surface area contributed by atoms with E-state index >= 15 is 0 Å². The van der Waals surface area contributed by atoms with Crippen molar-refractivity contribution in [2.75, 3.05) is 23.7 Å². The van der Waals surface area contributed by atoms with Gasteiger partial charge in [0, 0.05) is 17.6 Å². The average Bonchev–Trinajstić information content (AvgIpc) is 2.76. The first-order valence-electron chi connectivity index (χ1n) is 10.9. The average molecular weight is 539 g/mol. The standard InChI is InChI=1S/C24H32BrN3O4S/c1-5-14-26-24(30)22(6-2)27(16-19-12-10-18(3)11-13-19)23(29)17-28(33(4,31)32)21-9-7-8-20(25)15-21/h7-13,15,22H,5-6,14,16-17H2,1-4H3,(H,26,30). The maximum atomic E-state index is 13.5. The topological polar surface area (TPSA) is 86.8 Å². The molecular weight excluding hydrogens is 506 g/mol. The highest BCUT2D eigenvalue weighted by atomic mass is 79.9. The van der Waals surface area contributed by atoms with Gasteiger partial charge in [-0.15, -0.1) is 0 Å². The lowest BCUT2D eigenvalue weighted by atomic mass is 10.1. The first kappa shape index (κ1) is 26.9. The number of hydrogen-bond donors (Lipinski definition) is 1. The lowest BCUT2D eigenvalue weighted by Crippen LogP contribution is -2.52. The molecule has 0 spiro atoms. The lowest BCUT2D eigenvalue weighted by Gasteiger charge is -2.33. The summed E-state index contributed by atoms with van der Waals surface area (Å²) in [7, 11) is -3.74. The zero-order valence-corrected chi connectivity index (χ0v) is 21.9. The van der Waals surface area contributed by atoms with Crippen molar-refractivity contribution in [3.05, 3.63) is 64.1 Å². The third-order valence-corrected chi connectivity index (χ3v) is 6.82. The van der Waals surface area contributed by atoms with E-state index in [1.165, 1.54) is 4.90 Å². The molecule has 1 atom stereocenters. The molecule has 2 rings (SSSR count). The summed E-state index contributed by atoms with van der Waals surface area (Å²) < 4.78 is 26.9. The van der Waals surface area contributed by atoms with Crippen LogP contribution in [0.3, 0.4) is 0 Å². The Morgan fingerprint density at radius 1 is 1.09 bits per heavy atom. The van der Waals surface area contributed by atoms with Crippen LogP contribution in [0.15, 0.2) is 53.0 Å². The van der Waals surface area contributed by atoms with Crippen molar-refractivity contribution in [2.45, 2.75) is 46.2 Å². The molecule has 0 aliphatic rings. The predicted molar refractivity (Wildman–Crippen MR) is 135 cm³/mol. The molecule has 2 amide bonds. The minimum atomic E-state index is -3.74. The molecule has 2 aromatic carbocycles. The summed E-state index contributed by atoms with van der Waals surface area (Å²) in [5.74, 6) is -0.687. The Kier molecular flexibility index (Phi) is 9.91. The van der Waals surface area contributed by atoms with Crippen LogP contribution in [0.1, 0.15) is 37.8 Å². The molecule has 1 unspecified atom stereocenters. The summed E-state index contributed by atoms with van der Waals surface area (Å²) in [4.78, 5) is 27.9. The Bertz CT molecular complexity index is 1060. The molecule has 1 N–H and O–H groups in total. The first-order chi connectivity index (χ1) is 15.6. The number of anilines is 1. The van der Waals surface area contributed by atoms with Gasteiger partial charge >= 0.3 is 0 Å². The number of hydrogen-bond acceptors (Lipinski definition) is 4. The van der Waals surface area contributed by atoms with Crippen molar-refractivity contribution >= 4 is 43.5 Å². The van der Waals surface area contributed by atoms with Gasteiger partial charge in [0.05, 0.1) is 11.9 Å². The molecule has 0 saturated carbocycles. The van der Waals surface area contributed by atoms with E-state index in [0.717, 1.165) is 28.1 Å². The molecule has 0 aromatic heterocycles. The highest BCUT2D eigenvalue weighted by Gasteiger charge is 2.31. The molecule has 33 heavy (non-hydrogen) atoms. The second-order valence-electron chi connectivity index (χ2n) is 7.97. The summed E-state index contributed by atoms with van der Waals surface area (Å²) in [6.07, 6.45) is 2.25. The van der Waals surface area contributed by atoms with Crippen molar-refractivity contribution in [2.24, 2.45) is 0 Å². The second kappa shape index (κ2) is 12.2. The van der Waals surface area contributed by atoms with Gasteiger partial charge in [0.2, 0.25) is 21.8 Å². The van der Waals surface area contributed by atoms with Gasteiger partial charge in [-0.1, -0.05) is 65.7 Å². The molecule has 9 heteroatoms. The maximum absolute atomic E-state index is 13.5. The van der Waals surface area contributed by atoms with Crippen molar-refractivity contribution in [1.82, 2.24) is 10.2 Å². The fourth-order valence-electron chi connectivity index (χ4n) is 3.42. The molecule has 2 aromatic rings. The summed E-state index contributed by atoms with van der Waals surface area (Å²) in [5, 5.41) is 2.87. The van der Waals surface area contributed by atoms with Crippen molar-refractivity contribution < 1.29 is 18.0 Å². The number of benzene rings is 2. The van der Waals surface area contributed by atoms with E-state index < -0.39 is 28.5 Å². The Labute approximate surface area is 205 Å². The van der Waals surface area contributed by atoms with Gasteiger partial charge in [0.1, 0.15) is 12.6 Å². The number of halogens is 1. The Morgan fingerprint density at radius 3 is 2.30 bits per heavy atom. The van der Waals surface area contributed by atoms with E-state index in [0.29, 0.717) is 23.1 Å². The fourth-order valence-corrected chi connectivity index (χ4v) is 4.65. The van der Waals surface area contributed by atoms with Gasteiger partial charge in [0.15, 0.2) is 0 Å². The van der Waals surface area contributed by atoms with Crippen molar-refractivity contribution in [3.63, 3.8) is 0 Å². The number of carbonyl (C=O) groups excluding carboxylic acids is 2. The normalized spacial score (nSPS) is 12.2. The van der Waals surface area contributed by atoms with Crippen LogP contribution >= 0.6 is 15.9 Å². The van der Waals surface area contributed by atoms with E-state index in [-0.39, 0.29) is 12.5 Å². The first-order valence-corrected chi connectivity index (χ1v) is 13.6. The van der Waals surface area contributed by atoms with Crippen molar-refractivity contribution in [3.8, 4) is 0 Å². The number of sulfonamides is 1. The number of aryl methyl sites for hydroxylation is 1. The second-order valence-corrected chi connectivity index (χ2v) is 10.8. The van der Waals surface area contributed by atoms with E-state index in [1.54, 1.807) is 24.3 Å². The molecule has 7 nitrogen and oxygen atoms in total. The Balaban J connectivity index is 2.41. The SMILES string of the molecule is CCCNC(=O)C(CC)N(Cc1ccc(C)cc1)C(=O)CN(c1cccc(Br)c1)S(C)(=O)=O. The largest absolute Gasteiger partial charge is 0.354 e. The van der Waals surface area contributed by atoms with Crippen LogP contribution in [-0.4, -0.2) is 50.5 Å². The highest BCUT2D eigenvalue weighted by molar-refractivity contribution is 9.10. The molecule has 0 radical (unpaired) electrons. The summed E-state index contributed by atoms with van der Waals surface area (Å²) in [5.41, 5.74) is 2.32. The molecule has 0 fully saturated rings. The quantitative estimate of drug-likeness (QED) is 0.471. The number of nitrogens with zero attached hydrogens (tertiary/aromatic N) is 2. The molecule has 0 aliphatic heterocycles. The fraction of sp³-hybridized carbons (Fsp3) is 0.417. The Hall–Kier alpha value is -2.39. The minimum absolute atomic E-state index is 0.202. The van der Waals surface area contributed by atoms with Crippen LogP contribution in [0.5, 0.6) is 0 Å². The molecule has 0 heterocycles. The number of carbonyl (C=O) groups is 2. The smallest absolute Gasteiger partial charge is 0.244 e. The monoisotopic (exact) mass is 537 g/mol. The Morgan fingerprint density at radius 2 is 1.76 bits per heavy atom. The van der Waals surface area contributed by atoms with Crippen LogP contribution in [0, 0.1) is 6.92 Å². The van der Waals surface area contributed by atoms with Gasteiger partial charge in [-0.3, -0.25) is 13.9 Å². The van der Waals surface area contributed by atoms with E-state index in [9.17, 15) is 18.0 Å². The molecule has 0 aliphatic carbocycles. The molecule has 0 saturated heterocycles. The summed E-state index contributed by atoms with van der Waals surface area (Å²) >= 11 is 3.35. The van der Waals surface area contributed by atoms with Crippen molar-refractivity contribution in [1.29, 1.82) is 0 Å². The van der Waals surface area contributed by atoms with Crippen LogP contribution in [0.4, 0.5) is 5.69 Å². The zero-order valence-electron chi connectivity index (χ0n) is 19.5. The number of rotatable bonds is 11. The van der Waals surface area contributed by atoms with Gasteiger partial charge in [-0.25, -0.2) is 8.42 Å². The molecule has 180 valence electrons. The van der Waals surface area contributed by atoms with Crippen LogP contribution < -0.4 is 9.62 Å². The van der Waals surface area contributed by atoms with E-state index in [4.69, 9.17) is 0 Å². The number of amides is 2. The van der Waals surface area contributed by atoms with Gasteiger partial charge in [-0.2, -0.15) is 0 Å². The predicted octanol–water partition coefficient (Wildman–Crippen LogP) is 3.86. The zero-order chi connectivity index (χ0) is 24.6. The number of nitrogens with one attached hydrogen (secondary N) is 1. The summed E-state index contributed by atoms with van der Waals surface area (Å²) in [6, 6.07) is 13.8. The minimum Gasteiger partial charge on any atom is -0.354 e. The molecule has 0 bridgehead atoms. The van der Waals surface area contributed by atoms with Gasteiger partial charge in [-0.05, 0) is 43.5 Å². The van der Waals surface area contributed by atoms with Crippen LogP contribution in [0.2, 0.25) is 0 Å². The third-order valence-electron chi connectivity index (χ3n) is 5.18. The summed E-state index contributed by atoms with van der Waals surface area (Å²) in [6.45, 7) is 6.08.